The third-order valence-corrected chi connectivity index (χ3v) is 4.60. The second kappa shape index (κ2) is 5.72. The molecule has 5 nitrogen and oxygen atoms in total. The molecule has 2 atom stereocenters. The number of nitrogens with one attached hydrogen (secondary N) is 1. The molecule has 2 aliphatic rings. The number of hydrogen-bond acceptors (Lipinski definition) is 4. The van der Waals surface area contributed by atoms with Crippen molar-refractivity contribution in [1.82, 2.24) is 20.4 Å². The number of carbonyl (C=O) groups is 1. The van der Waals surface area contributed by atoms with E-state index in [0.29, 0.717) is 23.6 Å². The van der Waals surface area contributed by atoms with Crippen molar-refractivity contribution < 1.29 is 4.79 Å². The highest BCUT2D eigenvalue weighted by Crippen LogP contribution is 2.38. The van der Waals surface area contributed by atoms with Crippen molar-refractivity contribution in [2.24, 2.45) is 5.92 Å². The lowest BCUT2D eigenvalue weighted by Crippen LogP contribution is -2.40. The minimum atomic E-state index is -0.104. The van der Waals surface area contributed by atoms with Crippen LogP contribution in [0.2, 0.25) is 0 Å². The molecule has 21 heavy (non-hydrogen) atoms. The maximum Gasteiger partial charge on any atom is 0.272 e. The molecule has 0 bridgehead atoms. The minimum absolute atomic E-state index is 0.104. The highest BCUT2D eigenvalue weighted by Gasteiger charge is 2.32. The molecule has 2 unspecified atom stereocenters. The van der Waals surface area contributed by atoms with Gasteiger partial charge in [-0.3, -0.25) is 9.69 Å². The molecule has 1 aliphatic carbocycles. The summed E-state index contributed by atoms with van der Waals surface area (Å²) in [4.78, 5) is 14.7. The van der Waals surface area contributed by atoms with Crippen LogP contribution in [0.3, 0.4) is 0 Å². The first-order chi connectivity index (χ1) is 10.0. The molecule has 3 rings (SSSR count). The third kappa shape index (κ3) is 3.23. The highest BCUT2D eigenvalue weighted by atomic mass is 16.2. The number of amides is 1. The number of rotatable bonds is 4. The lowest BCUT2D eigenvalue weighted by Gasteiger charge is -2.20. The fraction of sp³-hybridized carbons (Fsp3) is 0.688. The van der Waals surface area contributed by atoms with E-state index in [1.807, 2.05) is 6.07 Å². The smallest absolute Gasteiger partial charge is 0.272 e. The van der Waals surface area contributed by atoms with E-state index in [2.05, 4.69) is 41.2 Å². The molecule has 114 valence electrons. The molecule has 2 fully saturated rings. The zero-order valence-electron chi connectivity index (χ0n) is 13.0. The van der Waals surface area contributed by atoms with Gasteiger partial charge in [-0.05, 0) is 44.7 Å². The number of likely N-dealkylation sites (tertiary alicyclic amines) is 1. The lowest BCUT2D eigenvalue weighted by molar-refractivity contribution is 0.0924. The molecule has 1 saturated heterocycles. The van der Waals surface area contributed by atoms with Gasteiger partial charge in [-0.1, -0.05) is 6.92 Å². The van der Waals surface area contributed by atoms with Crippen LogP contribution < -0.4 is 5.32 Å². The summed E-state index contributed by atoms with van der Waals surface area (Å²) in [5.41, 5.74) is 1.45. The molecule has 0 spiro atoms. The topological polar surface area (TPSA) is 58.1 Å². The van der Waals surface area contributed by atoms with Crippen molar-refractivity contribution in [3.05, 3.63) is 23.5 Å². The number of hydrogen-bond donors (Lipinski definition) is 1. The number of nitrogens with zero attached hydrogens (tertiary/aromatic N) is 3. The summed E-state index contributed by atoms with van der Waals surface area (Å²) in [6, 6.07) is 4.46. The summed E-state index contributed by atoms with van der Waals surface area (Å²) in [5, 5.41) is 11.4. The molecule has 1 aromatic heterocycles. The molecule has 1 saturated carbocycles. The van der Waals surface area contributed by atoms with Crippen LogP contribution >= 0.6 is 0 Å². The predicted molar refractivity (Wildman–Crippen MR) is 81.1 cm³/mol. The van der Waals surface area contributed by atoms with E-state index in [-0.39, 0.29) is 11.9 Å². The lowest BCUT2D eigenvalue weighted by atomic mass is 10.1. The van der Waals surface area contributed by atoms with Crippen molar-refractivity contribution in [3.63, 3.8) is 0 Å². The molecule has 1 N–H and O–H groups in total. The second-order valence-corrected chi connectivity index (χ2v) is 6.72. The average Bonchev–Trinajstić information content (AvgIpc) is 3.24. The molecule has 2 heterocycles. The predicted octanol–water partition coefficient (Wildman–Crippen LogP) is 1.81. The Morgan fingerprint density at radius 1 is 1.29 bits per heavy atom. The Hall–Kier alpha value is -1.49. The van der Waals surface area contributed by atoms with E-state index < -0.39 is 0 Å². The first kappa shape index (κ1) is 14.4. The highest BCUT2D eigenvalue weighted by molar-refractivity contribution is 5.92. The van der Waals surface area contributed by atoms with E-state index in [1.165, 1.54) is 12.8 Å². The molecular formula is C16H24N4O. The van der Waals surface area contributed by atoms with Crippen LogP contribution in [0.15, 0.2) is 12.1 Å². The first-order valence-corrected chi connectivity index (χ1v) is 7.93. The summed E-state index contributed by atoms with van der Waals surface area (Å²) in [5.74, 6) is 0.936. The van der Waals surface area contributed by atoms with Crippen molar-refractivity contribution >= 4 is 5.91 Å². The van der Waals surface area contributed by atoms with Gasteiger partial charge >= 0.3 is 0 Å². The van der Waals surface area contributed by atoms with Crippen LogP contribution in [-0.4, -0.2) is 46.2 Å². The van der Waals surface area contributed by atoms with Crippen LogP contribution in [-0.2, 0) is 0 Å². The fourth-order valence-corrected chi connectivity index (χ4v) is 2.92. The third-order valence-electron chi connectivity index (χ3n) is 4.60. The maximum absolute atomic E-state index is 12.3. The number of carbonyl (C=O) groups excluding carboxylic acids is 1. The van der Waals surface area contributed by atoms with Crippen molar-refractivity contribution in [1.29, 1.82) is 0 Å². The van der Waals surface area contributed by atoms with E-state index in [0.717, 1.165) is 18.8 Å². The summed E-state index contributed by atoms with van der Waals surface area (Å²) >= 11 is 0. The van der Waals surface area contributed by atoms with Crippen molar-refractivity contribution in [2.45, 2.75) is 51.6 Å². The van der Waals surface area contributed by atoms with Crippen LogP contribution in [0.4, 0.5) is 0 Å². The van der Waals surface area contributed by atoms with Gasteiger partial charge in [0, 0.05) is 31.1 Å². The summed E-state index contributed by atoms with van der Waals surface area (Å²) in [6.07, 6.45) is 2.40. The van der Waals surface area contributed by atoms with E-state index >= 15 is 0 Å². The Kier molecular flexibility index (Phi) is 3.93. The van der Waals surface area contributed by atoms with Gasteiger partial charge in [0.25, 0.3) is 5.91 Å². The van der Waals surface area contributed by atoms with Crippen LogP contribution in [0, 0.1) is 5.92 Å². The minimum Gasteiger partial charge on any atom is -0.346 e. The Morgan fingerprint density at radius 2 is 2.05 bits per heavy atom. The van der Waals surface area contributed by atoms with Crippen LogP contribution in [0.1, 0.15) is 55.7 Å². The van der Waals surface area contributed by atoms with Gasteiger partial charge < -0.3 is 5.32 Å². The molecule has 0 radical (unpaired) electrons. The molecule has 1 aliphatic heterocycles. The first-order valence-electron chi connectivity index (χ1n) is 7.93. The molecular weight excluding hydrogens is 264 g/mol. The van der Waals surface area contributed by atoms with E-state index in [1.54, 1.807) is 6.07 Å². The average molecular weight is 288 g/mol. The number of aromatic nitrogens is 2. The van der Waals surface area contributed by atoms with Gasteiger partial charge in [-0.2, -0.15) is 5.10 Å². The van der Waals surface area contributed by atoms with Crippen LogP contribution in [0.5, 0.6) is 0 Å². The van der Waals surface area contributed by atoms with Gasteiger partial charge in [0.2, 0.25) is 0 Å². The molecule has 1 aromatic rings. The van der Waals surface area contributed by atoms with E-state index in [4.69, 9.17) is 0 Å². The summed E-state index contributed by atoms with van der Waals surface area (Å²) < 4.78 is 0. The van der Waals surface area contributed by atoms with Crippen molar-refractivity contribution in [3.8, 4) is 0 Å². The molecule has 0 aromatic carbocycles. The van der Waals surface area contributed by atoms with Gasteiger partial charge in [0.05, 0.1) is 5.69 Å². The van der Waals surface area contributed by atoms with Crippen LogP contribution in [0.25, 0.3) is 0 Å². The Bertz CT molecular complexity index is 510. The SMILES string of the molecule is CC1CN(C(C)C)CC1NC(=O)c1ccc(C2CC2)nn1. The largest absolute Gasteiger partial charge is 0.346 e. The quantitative estimate of drug-likeness (QED) is 0.918. The standard InChI is InChI=1S/C16H24N4O/c1-10(2)20-8-11(3)15(9-20)17-16(21)14-7-6-13(18-19-14)12-4-5-12/h6-7,10-12,15H,4-5,8-9H2,1-3H3,(H,17,21). The molecule has 1 amide bonds. The zero-order chi connectivity index (χ0) is 15.0. The Morgan fingerprint density at radius 3 is 2.57 bits per heavy atom. The maximum atomic E-state index is 12.3. The summed E-state index contributed by atoms with van der Waals surface area (Å²) in [7, 11) is 0. The van der Waals surface area contributed by atoms with E-state index in [9.17, 15) is 4.79 Å². The second-order valence-electron chi connectivity index (χ2n) is 6.72. The monoisotopic (exact) mass is 288 g/mol. The van der Waals surface area contributed by atoms with Gasteiger partial charge in [0.1, 0.15) is 0 Å². The van der Waals surface area contributed by atoms with Gasteiger partial charge in [-0.25, -0.2) is 0 Å². The normalized spacial score (nSPS) is 26.3. The Labute approximate surface area is 126 Å². The zero-order valence-corrected chi connectivity index (χ0v) is 13.0. The summed E-state index contributed by atoms with van der Waals surface area (Å²) in [6.45, 7) is 8.53. The van der Waals surface area contributed by atoms with Crippen molar-refractivity contribution in [2.75, 3.05) is 13.1 Å². The Balaban J connectivity index is 1.60. The molecule has 5 heteroatoms. The fourth-order valence-electron chi connectivity index (χ4n) is 2.92. The van der Waals surface area contributed by atoms with Gasteiger partial charge in [-0.15, -0.1) is 5.10 Å². The van der Waals surface area contributed by atoms with Gasteiger partial charge in [0.15, 0.2) is 5.69 Å².